The second kappa shape index (κ2) is 5.92. The van der Waals surface area contributed by atoms with Crippen LogP contribution in [0.15, 0.2) is 30.3 Å². The summed E-state index contributed by atoms with van der Waals surface area (Å²) in [6, 6.07) is 9.07. The Morgan fingerprint density at radius 2 is 2.00 bits per heavy atom. The van der Waals surface area contributed by atoms with Crippen LogP contribution in [0.3, 0.4) is 0 Å². The minimum absolute atomic E-state index is 0. The molecule has 0 amide bonds. The van der Waals surface area contributed by atoms with E-state index in [1.54, 1.807) is 12.1 Å². The fourth-order valence-electron chi connectivity index (χ4n) is 1.15. The number of carbonyl (C=O) groups excluding carboxylic acids is 1. The van der Waals surface area contributed by atoms with Gasteiger partial charge in [-0.15, -0.1) is 0 Å². The normalized spacial score (nSPS) is 13.1. The van der Waals surface area contributed by atoms with E-state index in [2.05, 4.69) is 4.85 Å². The fourth-order valence-corrected chi connectivity index (χ4v) is 1.15. The first-order valence-electron chi connectivity index (χ1n) is 4.22. The van der Waals surface area contributed by atoms with Gasteiger partial charge < -0.3 is 14.7 Å². The number of rotatable bonds is 3. The van der Waals surface area contributed by atoms with E-state index in [1.807, 2.05) is 18.2 Å². The van der Waals surface area contributed by atoms with Gasteiger partial charge in [-0.25, -0.2) is 6.57 Å². The monoisotopic (exact) mass is 211 g/mol. The van der Waals surface area contributed by atoms with Crippen LogP contribution in [-0.2, 0) is 11.2 Å². The molecule has 1 atom stereocenters. The second-order valence-electron chi connectivity index (χ2n) is 3.34. The van der Waals surface area contributed by atoms with Gasteiger partial charge in [0.15, 0.2) is 0 Å². The first-order valence-corrected chi connectivity index (χ1v) is 4.22. The van der Waals surface area contributed by atoms with Gasteiger partial charge >= 0.3 is 29.6 Å². The van der Waals surface area contributed by atoms with E-state index < -0.39 is 11.5 Å². The second-order valence-corrected chi connectivity index (χ2v) is 3.34. The van der Waals surface area contributed by atoms with Crippen LogP contribution in [-0.4, -0.2) is 11.5 Å². The Bertz CT molecular complexity index is 372. The molecule has 0 aliphatic carbocycles. The van der Waals surface area contributed by atoms with Gasteiger partial charge in [0, 0.05) is 6.92 Å². The van der Waals surface area contributed by atoms with Gasteiger partial charge in [-0.1, -0.05) is 30.3 Å². The van der Waals surface area contributed by atoms with E-state index in [1.165, 1.54) is 6.92 Å². The third-order valence-electron chi connectivity index (χ3n) is 2.08. The van der Waals surface area contributed by atoms with E-state index >= 15 is 0 Å². The number of aliphatic carboxylic acids is 1. The van der Waals surface area contributed by atoms with Crippen LogP contribution in [0.4, 0.5) is 0 Å². The SMILES string of the molecule is [C-]#[N+]C(C)(Cc1ccccc1)C(=O)[O-].[Na+]. The van der Waals surface area contributed by atoms with Crippen LogP contribution in [0.25, 0.3) is 4.85 Å². The molecule has 0 N–H and O–H groups in total. The van der Waals surface area contributed by atoms with Gasteiger partial charge in [-0.05, 0) is 5.56 Å². The molecule has 4 heteroatoms. The fraction of sp³-hybridized carbons (Fsp3) is 0.273. The molecule has 3 nitrogen and oxygen atoms in total. The molecule has 72 valence electrons. The van der Waals surface area contributed by atoms with Crippen molar-refractivity contribution >= 4 is 5.97 Å². The van der Waals surface area contributed by atoms with Crippen LogP contribution in [0.2, 0.25) is 0 Å². The Hall–Kier alpha value is -0.820. The molecule has 0 heterocycles. The van der Waals surface area contributed by atoms with Gasteiger partial charge in [0.25, 0.3) is 5.54 Å². The molecule has 1 unspecified atom stereocenters. The molecular weight excluding hydrogens is 201 g/mol. The van der Waals surface area contributed by atoms with Gasteiger partial charge in [-0.2, -0.15) is 0 Å². The zero-order valence-electron chi connectivity index (χ0n) is 8.86. The number of carboxylic acids is 1. The Balaban J connectivity index is 0.00000196. The van der Waals surface area contributed by atoms with E-state index in [-0.39, 0.29) is 36.0 Å². The van der Waals surface area contributed by atoms with Crippen molar-refractivity contribution in [3.63, 3.8) is 0 Å². The quantitative estimate of drug-likeness (QED) is 0.415. The molecule has 15 heavy (non-hydrogen) atoms. The van der Waals surface area contributed by atoms with Crippen molar-refractivity contribution < 1.29 is 39.5 Å². The van der Waals surface area contributed by atoms with E-state index in [9.17, 15) is 9.90 Å². The summed E-state index contributed by atoms with van der Waals surface area (Å²) in [6.45, 7) is 8.22. The first kappa shape index (κ1) is 14.2. The number of hydrogen-bond donors (Lipinski definition) is 0. The number of benzene rings is 1. The van der Waals surface area contributed by atoms with Gasteiger partial charge in [0.1, 0.15) is 5.97 Å². The molecule has 0 saturated heterocycles. The smallest absolute Gasteiger partial charge is 0.542 e. The largest absolute Gasteiger partial charge is 1.00 e. The van der Waals surface area contributed by atoms with Crippen LogP contribution >= 0.6 is 0 Å². The maximum atomic E-state index is 10.7. The molecular formula is C11H10NNaO2. The van der Waals surface area contributed by atoms with Crippen molar-refractivity contribution in [3.8, 4) is 0 Å². The molecule has 0 saturated carbocycles. The average Bonchev–Trinajstić information content (AvgIpc) is 2.19. The number of hydrogen-bond acceptors (Lipinski definition) is 2. The molecule has 0 aromatic heterocycles. The van der Waals surface area contributed by atoms with E-state index in [4.69, 9.17) is 6.57 Å². The standard InChI is InChI=1S/C11H11NO2.Na/c1-11(12-2,10(13)14)8-9-6-4-3-5-7-9;/h3-7H,8H2,1H3,(H,13,14);/q;+1/p-1. The third-order valence-corrected chi connectivity index (χ3v) is 2.08. The molecule has 1 aromatic rings. The Morgan fingerprint density at radius 3 is 2.40 bits per heavy atom. The van der Waals surface area contributed by atoms with Crippen molar-refractivity contribution in [3.05, 3.63) is 47.3 Å². The van der Waals surface area contributed by atoms with Crippen molar-refractivity contribution in [2.45, 2.75) is 18.9 Å². The zero-order chi connectivity index (χ0) is 10.6. The average molecular weight is 211 g/mol. The Labute approximate surface area is 111 Å². The maximum absolute atomic E-state index is 10.7. The number of carbonyl (C=O) groups is 1. The minimum atomic E-state index is -1.46. The summed E-state index contributed by atoms with van der Waals surface area (Å²) in [7, 11) is 0. The van der Waals surface area contributed by atoms with E-state index in [0.29, 0.717) is 0 Å². The summed E-state index contributed by atoms with van der Waals surface area (Å²) < 4.78 is 0. The van der Waals surface area contributed by atoms with E-state index in [0.717, 1.165) is 5.56 Å². The predicted octanol–water partition coefficient (Wildman–Crippen LogP) is -2.34. The molecule has 0 spiro atoms. The minimum Gasteiger partial charge on any atom is -0.542 e. The zero-order valence-corrected chi connectivity index (χ0v) is 10.9. The Kier molecular flexibility index (Phi) is 5.59. The molecule has 1 aromatic carbocycles. The van der Waals surface area contributed by atoms with Crippen LogP contribution in [0, 0.1) is 6.57 Å². The van der Waals surface area contributed by atoms with Crippen molar-refractivity contribution in [2.24, 2.45) is 0 Å². The summed E-state index contributed by atoms with van der Waals surface area (Å²) in [5.74, 6) is -1.32. The summed E-state index contributed by atoms with van der Waals surface area (Å²) in [6.07, 6.45) is 0.180. The Morgan fingerprint density at radius 1 is 1.47 bits per heavy atom. The number of nitrogens with zero attached hydrogens (tertiary/aromatic N) is 1. The third kappa shape index (κ3) is 3.67. The summed E-state index contributed by atoms with van der Waals surface area (Å²) in [5.41, 5.74) is -0.628. The first-order chi connectivity index (χ1) is 6.58. The summed E-state index contributed by atoms with van der Waals surface area (Å²) in [4.78, 5) is 13.8. The van der Waals surface area contributed by atoms with Crippen LogP contribution in [0.1, 0.15) is 12.5 Å². The molecule has 0 aliphatic rings. The number of carboxylic acid groups (broad SMARTS) is 1. The van der Waals surface area contributed by atoms with Crippen molar-refractivity contribution in [1.29, 1.82) is 0 Å². The molecule has 0 aliphatic heterocycles. The topological polar surface area (TPSA) is 44.5 Å². The molecule has 1 rings (SSSR count). The van der Waals surface area contributed by atoms with Gasteiger partial charge in [0.2, 0.25) is 0 Å². The van der Waals surface area contributed by atoms with Crippen LogP contribution < -0.4 is 34.7 Å². The molecule has 0 bridgehead atoms. The van der Waals surface area contributed by atoms with Crippen molar-refractivity contribution in [1.82, 2.24) is 0 Å². The predicted molar refractivity (Wildman–Crippen MR) is 50.2 cm³/mol. The summed E-state index contributed by atoms with van der Waals surface area (Å²) in [5, 5.41) is 10.7. The van der Waals surface area contributed by atoms with Crippen LogP contribution in [0.5, 0.6) is 0 Å². The van der Waals surface area contributed by atoms with Gasteiger partial charge in [-0.3, -0.25) is 0 Å². The maximum Gasteiger partial charge on any atom is 1.00 e. The molecule has 0 radical (unpaired) electrons. The summed E-state index contributed by atoms with van der Waals surface area (Å²) >= 11 is 0. The van der Waals surface area contributed by atoms with Crippen molar-refractivity contribution in [2.75, 3.05) is 0 Å². The van der Waals surface area contributed by atoms with Gasteiger partial charge in [0.05, 0.1) is 6.42 Å². The molecule has 0 fully saturated rings.